The van der Waals surface area contributed by atoms with Crippen molar-refractivity contribution in [2.24, 2.45) is 0 Å². The molecule has 0 aliphatic rings. The van der Waals surface area contributed by atoms with E-state index in [0.29, 0.717) is 16.6 Å². The quantitative estimate of drug-likeness (QED) is 0.563. The van der Waals surface area contributed by atoms with E-state index in [9.17, 15) is 14.9 Å². The van der Waals surface area contributed by atoms with E-state index in [0.717, 1.165) is 0 Å². The normalized spacial score (nSPS) is 10.7. The van der Waals surface area contributed by atoms with Crippen LogP contribution >= 0.6 is 0 Å². The first-order valence-corrected chi connectivity index (χ1v) is 5.61. The molecule has 0 aliphatic carbocycles. The third-order valence-electron chi connectivity index (χ3n) is 2.89. The molecule has 3 aromatic rings. The van der Waals surface area contributed by atoms with E-state index in [1.165, 1.54) is 22.9 Å². The number of nitrogens with one attached hydrogen (secondary N) is 1. The van der Waals surface area contributed by atoms with Gasteiger partial charge in [0, 0.05) is 12.1 Å². The third-order valence-corrected chi connectivity index (χ3v) is 2.89. The summed E-state index contributed by atoms with van der Waals surface area (Å²) in [4.78, 5) is 22.4. The first kappa shape index (κ1) is 11.2. The van der Waals surface area contributed by atoms with Gasteiger partial charge in [-0.15, -0.1) is 0 Å². The topological polar surface area (TPSA) is 80.9 Å². The summed E-state index contributed by atoms with van der Waals surface area (Å²) in [5.41, 5.74) is 0.861. The maximum atomic E-state index is 12.2. The number of H-pyrrole nitrogens is 1. The maximum absolute atomic E-state index is 12.2. The van der Waals surface area contributed by atoms with E-state index >= 15 is 0 Å². The lowest BCUT2D eigenvalue weighted by Gasteiger charge is -1.98. The maximum Gasteiger partial charge on any atom is 0.279 e. The van der Waals surface area contributed by atoms with E-state index in [2.05, 4.69) is 5.10 Å². The predicted molar refractivity (Wildman–Crippen MR) is 70.6 cm³/mol. The van der Waals surface area contributed by atoms with E-state index in [-0.39, 0.29) is 11.2 Å². The monoisotopic (exact) mass is 255 g/mol. The van der Waals surface area contributed by atoms with E-state index in [1.807, 2.05) is 18.2 Å². The molecule has 0 spiro atoms. The Morgan fingerprint density at radius 3 is 2.53 bits per heavy atom. The van der Waals surface area contributed by atoms with Gasteiger partial charge in [-0.3, -0.25) is 20.0 Å². The number of aromatic nitrogens is 2. The van der Waals surface area contributed by atoms with Crippen LogP contribution < -0.4 is 5.56 Å². The number of hydrogen-bond acceptors (Lipinski definition) is 3. The molecule has 0 unspecified atom stereocenters. The van der Waals surface area contributed by atoms with Crippen LogP contribution in [0, 0.1) is 10.1 Å². The van der Waals surface area contributed by atoms with Gasteiger partial charge in [-0.05, 0) is 18.2 Å². The fourth-order valence-electron chi connectivity index (χ4n) is 1.97. The number of hydrogen-bond donors (Lipinski definition) is 1. The van der Waals surface area contributed by atoms with E-state index < -0.39 is 4.92 Å². The number of nitro groups is 1. The Morgan fingerprint density at radius 1 is 1.11 bits per heavy atom. The highest BCUT2D eigenvalue weighted by atomic mass is 16.6. The summed E-state index contributed by atoms with van der Waals surface area (Å²) in [5, 5.41) is 14.0. The molecule has 0 bridgehead atoms. The van der Waals surface area contributed by atoms with Crippen molar-refractivity contribution in [3.05, 3.63) is 69.0 Å². The Labute approximate surface area is 107 Å². The molecule has 0 amide bonds. The molecule has 0 atom stereocenters. The van der Waals surface area contributed by atoms with Crippen LogP contribution in [-0.4, -0.2) is 14.7 Å². The summed E-state index contributed by atoms with van der Waals surface area (Å²) in [7, 11) is 0. The predicted octanol–water partition coefficient (Wildman–Crippen LogP) is 2.23. The minimum atomic E-state index is -0.515. The van der Waals surface area contributed by atoms with Gasteiger partial charge in [-0.2, -0.15) is 0 Å². The second-order valence-corrected chi connectivity index (χ2v) is 4.07. The molecule has 3 rings (SSSR count). The van der Waals surface area contributed by atoms with Crippen LogP contribution in [0.2, 0.25) is 0 Å². The molecule has 0 saturated heterocycles. The van der Waals surface area contributed by atoms with E-state index in [4.69, 9.17) is 0 Å². The van der Waals surface area contributed by atoms with Gasteiger partial charge < -0.3 is 0 Å². The summed E-state index contributed by atoms with van der Waals surface area (Å²) in [6.45, 7) is 0. The largest absolute Gasteiger partial charge is 0.290 e. The number of aromatic amines is 1. The molecular weight excluding hydrogens is 246 g/mol. The van der Waals surface area contributed by atoms with Crippen molar-refractivity contribution in [2.75, 3.05) is 0 Å². The van der Waals surface area contributed by atoms with Gasteiger partial charge in [-0.1, -0.05) is 18.2 Å². The van der Waals surface area contributed by atoms with Crippen molar-refractivity contribution in [1.29, 1.82) is 0 Å². The average molecular weight is 255 g/mol. The number of rotatable bonds is 2. The highest BCUT2D eigenvalue weighted by Crippen LogP contribution is 2.17. The lowest BCUT2D eigenvalue weighted by Crippen LogP contribution is -2.13. The Kier molecular flexibility index (Phi) is 2.42. The van der Waals surface area contributed by atoms with Gasteiger partial charge in [0.15, 0.2) is 0 Å². The molecule has 2 aromatic carbocycles. The molecule has 1 N–H and O–H groups in total. The Morgan fingerprint density at radius 2 is 1.84 bits per heavy atom. The van der Waals surface area contributed by atoms with Gasteiger partial charge in [0.2, 0.25) is 0 Å². The fourth-order valence-corrected chi connectivity index (χ4v) is 1.97. The lowest BCUT2D eigenvalue weighted by molar-refractivity contribution is -0.384. The van der Waals surface area contributed by atoms with Crippen LogP contribution in [-0.2, 0) is 0 Å². The Hall–Kier alpha value is -2.89. The van der Waals surface area contributed by atoms with Crippen molar-refractivity contribution in [3.8, 4) is 5.69 Å². The van der Waals surface area contributed by atoms with Gasteiger partial charge in [0.1, 0.15) is 0 Å². The standard InChI is InChI=1S/C13H9N3O3/c17-13-11-8-10(16(18)19)6-7-12(11)14-15(13)9-4-2-1-3-5-9/h1-8,14H. The summed E-state index contributed by atoms with van der Waals surface area (Å²) in [6.07, 6.45) is 0. The molecule has 0 radical (unpaired) electrons. The van der Waals surface area contributed by atoms with Crippen LogP contribution in [0.25, 0.3) is 16.6 Å². The minimum absolute atomic E-state index is 0.0937. The molecule has 0 aliphatic heterocycles. The van der Waals surface area contributed by atoms with Crippen LogP contribution in [0.5, 0.6) is 0 Å². The van der Waals surface area contributed by atoms with E-state index in [1.54, 1.807) is 12.1 Å². The van der Waals surface area contributed by atoms with Crippen molar-refractivity contribution in [3.63, 3.8) is 0 Å². The highest BCUT2D eigenvalue weighted by Gasteiger charge is 2.12. The zero-order chi connectivity index (χ0) is 13.4. The molecule has 6 nitrogen and oxygen atoms in total. The number of nitrogens with zero attached hydrogens (tertiary/aromatic N) is 2. The van der Waals surface area contributed by atoms with Crippen molar-refractivity contribution in [1.82, 2.24) is 9.78 Å². The van der Waals surface area contributed by atoms with Crippen LogP contribution in [0.3, 0.4) is 0 Å². The first-order valence-electron chi connectivity index (χ1n) is 5.61. The molecular formula is C13H9N3O3. The van der Waals surface area contributed by atoms with Gasteiger partial charge >= 0.3 is 0 Å². The second kappa shape index (κ2) is 4.09. The van der Waals surface area contributed by atoms with Gasteiger partial charge in [-0.25, -0.2) is 4.68 Å². The molecule has 0 saturated carbocycles. The molecule has 1 heterocycles. The minimum Gasteiger partial charge on any atom is -0.290 e. The van der Waals surface area contributed by atoms with Gasteiger partial charge in [0.05, 0.1) is 21.5 Å². The Bertz CT molecular complexity index is 818. The molecule has 1 aromatic heterocycles. The summed E-state index contributed by atoms with van der Waals surface area (Å²) < 4.78 is 1.37. The SMILES string of the molecule is O=c1c2cc([N+](=O)[O-])ccc2[nH]n1-c1ccccc1. The summed E-state index contributed by atoms with van der Waals surface area (Å²) in [5.74, 6) is 0. The molecule has 0 fully saturated rings. The second-order valence-electron chi connectivity index (χ2n) is 4.07. The third kappa shape index (κ3) is 1.79. The van der Waals surface area contributed by atoms with Crippen molar-refractivity contribution in [2.45, 2.75) is 0 Å². The van der Waals surface area contributed by atoms with Crippen molar-refractivity contribution < 1.29 is 4.92 Å². The smallest absolute Gasteiger partial charge is 0.279 e. The zero-order valence-corrected chi connectivity index (χ0v) is 9.74. The number of benzene rings is 2. The number of fused-ring (bicyclic) bond motifs is 1. The van der Waals surface area contributed by atoms with Gasteiger partial charge in [0.25, 0.3) is 11.2 Å². The summed E-state index contributed by atoms with van der Waals surface area (Å²) >= 11 is 0. The van der Waals surface area contributed by atoms with Crippen LogP contribution in [0.1, 0.15) is 0 Å². The number of nitro benzene ring substituents is 1. The number of non-ortho nitro benzene ring substituents is 1. The zero-order valence-electron chi connectivity index (χ0n) is 9.74. The fraction of sp³-hybridized carbons (Fsp3) is 0. The van der Waals surface area contributed by atoms with Crippen LogP contribution in [0.15, 0.2) is 53.3 Å². The Balaban J connectivity index is 2.27. The average Bonchev–Trinajstić information content (AvgIpc) is 2.77. The lowest BCUT2D eigenvalue weighted by atomic mass is 10.2. The van der Waals surface area contributed by atoms with Crippen LogP contribution in [0.4, 0.5) is 5.69 Å². The molecule has 19 heavy (non-hydrogen) atoms. The molecule has 6 heteroatoms. The number of para-hydroxylation sites is 1. The first-order chi connectivity index (χ1) is 9.16. The summed E-state index contributed by atoms with van der Waals surface area (Å²) in [6, 6.07) is 13.2. The molecule has 94 valence electrons. The highest BCUT2D eigenvalue weighted by molar-refractivity contribution is 5.80. The van der Waals surface area contributed by atoms with Crippen molar-refractivity contribution >= 4 is 16.6 Å².